The van der Waals surface area contributed by atoms with Crippen LogP contribution in [-0.2, 0) is 4.79 Å². The molecule has 2 heterocycles. The van der Waals surface area contributed by atoms with Crippen molar-refractivity contribution in [1.29, 1.82) is 0 Å². The first kappa shape index (κ1) is 20.9. The number of amides is 1. The third-order valence-corrected chi connectivity index (χ3v) is 6.58. The molecule has 0 atom stereocenters. The topological polar surface area (TPSA) is 51.0 Å². The highest BCUT2D eigenvalue weighted by Gasteiger charge is 2.19. The van der Waals surface area contributed by atoms with Crippen molar-refractivity contribution in [1.82, 2.24) is 19.7 Å². The summed E-state index contributed by atoms with van der Waals surface area (Å²) in [6.45, 7) is 1.82. The van der Waals surface area contributed by atoms with E-state index in [9.17, 15) is 4.79 Å². The summed E-state index contributed by atoms with van der Waals surface area (Å²) in [5.41, 5.74) is 1.84. The van der Waals surface area contributed by atoms with E-state index < -0.39 is 0 Å². The quantitative estimate of drug-likeness (QED) is 0.361. The number of carbonyl (C=O) groups excluding carboxylic acids is 1. The van der Waals surface area contributed by atoms with Gasteiger partial charge in [0.1, 0.15) is 0 Å². The molecule has 0 radical (unpaired) electrons. The molecular formula is C23H25ClN4OS. The van der Waals surface area contributed by atoms with Crippen molar-refractivity contribution in [2.24, 2.45) is 0 Å². The first-order valence-electron chi connectivity index (χ1n) is 10.4. The van der Waals surface area contributed by atoms with Gasteiger partial charge in [-0.15, -0.1) is 10.2 Å². The van der Waals surface area contributed by atoms with E-state index in [2.05, 4.69) is 10.2 Å². The fraction of sp³-hybridized carbons (Fsp3) is 0.348. The van der Waals surface area contributed by atoms with Crippen LogP contribution in [-0.4, -0.2) is 44.4 Å². The van der Waals surface area contributed by atoms with Crippen molar-refractivity contribution in [3.63, 3.8) is 0 Å². The average molecular weight is 441 g/mol. The van der Waals surface area contributed by atoms with Crippen molar-refractivity contribution in [3.05, 3.63) is 59.6 Å². The van der Waals surface area contributed by atoms with E-state index in [0.717, 1.165) is 60.3 Å². The van der Waals surface area contributed by atoms with Crippen LogP contribution in [0.1, 0.15) is 32.1 Å². The van der Waals surface area contributed by atoms with Crippen LogP contribution < -0.4 is 0 Å². The summed E-state index contributed by atoms with van der Waals surface area (Å²) in [5.74, 6) is 1.81. The van der Waals surface area contributed by atoms with Crippen LogP contribution in [0.15, 0.2) is 59.8 Å². The number of nitrogens with zero attached hydrogens (tertiary/aromatic N) is 4. The largest absolute Gasteiger partial charge is 0.343 e. The number of hydrogen-bond acceptors (Lipinski definition) is 4. The van der Waals surface area contributed by atoms with Crippen LogP contribution in [0.2, 0.25) is 5.02 Å². The molecule has 0 unspecified atom stereocenters. The van der Waals surface area contributed by atoms with E-state index in [1.165, 1.54) is 6.42 Å². The van der Waals surface area contributed by atoms with Crippen molar-refractivity contribution in [2.45, 2.75) is 37.3 Å². The maximum absolute atomic E-state index is 12.4. The fourth-order valence-corrected chi connectivity index (χ4v) is 4.79. The van der Waals surface area contributed by atoms with Gasteiger partial charge in [-0.3, -0.25) is 9.36 Å². The zero-order chi connectivity index (χ0) is 20.8. The van der Waals surface area contributed by atoms with Crippen LogP contribution in [0, 0.1) is 0 Å². The molecular weight excluding hydrogens is 416 g/mol. The summed E-state index contributed by atoms with van der Waals surface area (Å²) >= 11 is 8.06. The molecule has 1 aliphatic rings. The highest BCUT2D eigenvalue weighted by molar-refractivity contribution is 7.99. The predicted molar refractivity (Wildman–Crippen MR) is 122 cm³/mol. The number of likely N-dealkylation sites (tertiary alicyclic amines) is 1. The molecule has 1 saturated heterocycles. The van der Waals surface area contributed by atoms with E-state index >= 15 is 0 Å². The van der Waals surface area contributed by atoms with Gasteiger partial charge >= 0.3 is 0 Å². The molecule has 1 fully saturated rings. The van der Waals surface area contributed by atoms with Crippen molar-refractivity contribution >= 4 is 29.3 Å². The molecule has 0 aliphatic carbocycles. The molecule has 0 N–H and O–H groups in total. The standard InChI is InChI=1S/C23H25ClN4OS/c24-20-13-6-5-12-19(20)22-25-26-23(28(22)18-10-3-1-4-11-18)30-17-9-14-21(29)27-15-7-2-8-16-27/h1,3-6,10-13H,2,7-9,14-17H2. The van der Waals surface area contributed by atoms with E-state index in [1.54, 1.807) is 11.8 Å². The Morgan fingerprint density at radius 3 is 2.47 bits per heavy atom. The number of halogens is 1. The summed E-state index contributed by atoms with van der Waals surface area (Å²) in [5, 5.41) is 10.3. The Kier molecular flexibility index (Phi) is 7.07. The molecule has 4 rings (SSSR count). The second-order valence-corrected chi connectivity index (χ2v) is 8.82. The lowest BCUT2D eigenvalue weighted by Crippen LogP contribution is -2.35. The molecule has 2 aromatic carbocycles. The van der Waals surface area contributed by atoms with E-state index in [4.69, 9.17) is 11.6 Å². The van der Waals surface area contributed by atoms with Gasteiger partial charge < -0.3 is 4.90 Å². The normalized spacial score (nSPS) is 14.1. The van der Waals surface area contributed by atoms with Gasteiger partial charge in [-0.2, -0.15) is 0 Å². The second-order valence-electron chi connectivity index (χ2n) is 7.35. The molecule has 5 nitrogen and oxygen atoms in total. The van der Waals surface area contributed by atoms with Gasteiger partial charge in [0, 0.05) is 36.5 Å². The average Bonchev–Trinajstić information content (AvgIpc) is 3.21. The molecule has 156 valence electrons. The molecule has 1 amide bonds. The summed E-state index contributed by atoms with van der Waals surface area (Å²) < 4.78 is 2.04. The maximum Gasteiger partial charge on any atom is 0.222 e. The Bertz CT molecular complexity index is 986. The van der Waals surface area contributed by atoms with Gasteiger partial charge in [0.2, 0.25) is 5.91 Å². The number of para-hydroxylation sites is 1. The number of rotatable bonds is 7. The summed E-state index contributed by atoms with van der Waals surface area (Å²) in [7, 11) is 0. The first-order valence-corrected chi connectivity index (χ1v) is 11.8. The molecule has 0 spiro atoms. The third kappa shape index (κ3) is 4.87. The van der Waals surface area contributed by atoms with Gasteiger partial charge in [0.05, 0.1) is 5.02 Å². The maximum atomic E-state index is 12.4. The molecule has 1 aromatic heterocycles. The van der Waals surface area contributed by atoms with E-state index in [-0.39, 0.29) is 5.91 Å². The lowest BCUT2D eigenvalue weighted by atomic mass is 10.1. The van der Waals surface area contributed by atoms with Gasteiger partial charge in [0.25, 0.3) is 0 Å². The van der Waals surface area contributed by atoms with Crippen LogP contribution in [0.5, 0.6) is 0 Å². The second kappa shape index (κ2) is 10.1. The van der Waals surface area contributed by atoms with Crippen LogP contribution in [0.4, 0.5) is 0 Å². The minimum absolute atomic E-state index is 0.275. The van der Waals surface area contributed by atoms with Crippen LogP contribution in [0.3, 0.4) is 0 Å². The van der Waals surface area contributed by atoms with Gasteiger partial charge in [-0.1, -0.05) is 53.7 Å². The number of aromatic nitrogens is 3. The van der Waals surface area contributed by atoms with E-state index in [1.807, 2.05) is 64.1 Å². The number of thioether (sulfide) groups is 1. The fourth-order valence-electron chi connectivity index (χ4n) is 3.68. The van der Waals surface area contributed by atoms with E-state index in [0.29, 0.717) is 11.4 Å². The first-order chi connectivity index (χ1) is 14.7. The number of carbonyl (C=O) groups is 1. The predicted octanol–water partition coefficient (Wildman–Crippen LogP) is 5.47. The zero-order valence-corrected chi connectivity index (χ0v) is 18.4. The summed E-state index contributed by atoms with van der Waals surface area (Å²) in [6.07, 6.45) is 4.91. The van der Waals surface area contributed by atoms with Gasteiger partial charge in [0.15, 0.2) is 11.0 Å². The molecule has 1 aliphatic heterocycles. The minimum atomic E-state index is 0.275. The van der Waals surface area contributed by atoms with Gasteiger partial charge in [-0.25, -0.2) is 0 Å². The highest BCUT2D eigenvalue weighted by Crippen LogP contribution is 2.32. The Morgan fingerprint density at radius 1 is 0.967 bits per heavy atom. The van der Waals surface area contributed by atoms with Crippen LogP contribution in [0.25, 0.3) is 17.1 Å². The smallest absolute Gasteiger partial charge is 0.222 e. The Morgan fingerprint density at radius 2 is 1.70 bits per heavy atom. The molecule has 0 saturated carbocycles. The molecule has 3 aromatic rings. The molecule has 7 heteroatoms. The number of piperidine rings is 1. The third-order valence-electron chi connectivity index (χ3n) is 5.24. The minimum Gasteiger partial charge on any atom is -0.343 e. The Hall–Kier alpha value is -2.31. The van der Waals surface area contributed by atoms with Gasteiger partial charge in [-0.05, 0) is 49.9 Å². The molecule has 30 heavy (non-hydrogen) atoms. The zero-order valence-electron chi connectivity index (χ0n) is 16.8. The Labute approximate surface area is 186 Å². The summed E-state index contributed by atoms with van der Waals surface area (Å²) in [4.78, 5) is 14.4. The van der Waals surface area contributed by atoms with Crippen molar-refractivity contribution in [2.75, 3.05) is 18.8 Å². The van der Waals surface area contributed by atoms with Crippen molar-refractivity contribution in [3.8, 4) is 17.1 Å². The highest BCUT2D eigenvalue weighted by atomic mass is 35.5. The SMILES string of the molecule is O=C(CCCSc1nnc(-c2ccccc2Cl)n1-c1ccccc1)N1CCCCC1. The Balaban J connectivity index is 1.48. The van der Waals surface area contributed by atoms with Crippen LogP contribution >= 0.6 is 23.4 Å². The summed E-state index contributed by atoms with van der Waals surface area (Å²) in [6, 6.07) is 17.7. The lowest BCUT2D eigenvalue weighted by Gasteiger charge is -2.26. The number of benzene rings is 2. The molecule has 0 bridgehead atoms. The number of hydrogen-bond donors (Lipinski definition) is 0. The van der Waals surface area contributed by atoms with Crippen molar-refractivity contribution < 1.29 is 4.79 Å². The monoisotopic (exact) mass is 440 g/mol. The lowest BCUT2D eigenvalue weighted by molar-refractivity contribution is -0.132.